The molecule has 4 aromatic rings. The second-order valence-corrected chi connectivity index (χ2v) is 11.0. The fourth-order valence-electron chi connectivity index (χ4n) is 4.49. The summed E-state index contributed by atoms with van der Waals surface area (Å²) >= 11 is 1.17. The summed E-state index contributed by atoms with van der Waals surface area (Å²) < 4.78 is 41.4. The second kappa shape index (κ2) is 8.03. The predicted molar refractivity (Wildman–Crippen MR) is 129 cm³/mol. The van der Waals surface area contributed by atoms with E-state index in [1.165, 1.54) is 11.3 Å². The van der Waals surface area contributed by atoms with E-state index >= 15 is 0 Å². The van der Waals surface area contributed by atoms with E-state index in [-0.39, 0.29) is 22.3 Å². The first kappa shape index (κ1) is 21.0. The van der Waals surface area contributed by atoms with Gasteiger partial charge in [-0.1, -0.05) is 18.2 Å². The average Bonchev–Trinajstić information content (AvgIpc) is 3.53. The summed E-state index contributed by atoms with van der Waals surface area (Å²) in [5, 5.41) is 1.72. The molecule has 0 saturated carbocycles. The van der Waals surface area contributed by atoms with Crippen LogP contribution in [0.15, 0.2) is 76.4 Å². The van der Waals surface area contributed by atoms with Gasteiger partial charge in [-0.3, -0.25) is 9.52 Å². The molecule has 1 N–H and O–H groups in total. The van der Waals surface area contributed by atoms with Crippen LogP contribution in [0.2, 0.25) is 0 Å². The number of rotatable bonds is 4. The first-order valence-electron chi connectivity index (χ1n) is 10.8. The van der Waals surface area contributed by atoms with Crippen LogP contribution >= 0.6 is 11.3 Å². The smallest absolute Gasteiger partial charge is 0.271 e. The van der Waals surface area contributed by atoms with Crippen LogP contribution in [0.5, 0.6) is 11.5 Å². The Morgan fingerprint density at radius 1 is 0.971 bits per heavy atom. The molecule has 4 heterocycles. The van der Waals surface area contributed by atoms with Crippen LogP contribution in [0.1, 0.15) is 34.0 Å². The number of ether oxygens (including phenoxy) is 2. The molecular weight excluding hydrogens is 472 g/mol. The van der Waals surface area contributed by atoms with Gasteiger partial charge in [0.2, 0.25) is 0 Å². The Kier molecular flexibility index (Phi) is 4.96. The lowest BCUT2D eigenvalue weighted by Gasteiger charge is -2.21. The van der Waals surface area contributed by atoms with Crippen LogP contribution in [-0.4, -0.2) is 32.0 Å². The Hall–Kier alpha value is -3.56. The zero-order valence-corrected chi connectivity index (χ0v) is 19.6. The van der Waals surface area contributed by atoms with Gasteiger partial charge in [0.15, 0.2) is 17.3 Å². The highest BCUT2D eigenvalue weighted by molar-refractivity contribution is 7.94. The summed E-state index contributed by atoms with van der Waals surface area (Å²) in [5.74, 6) is 1.06. The number of carbonyl (C=O) groups excluding carboxylic acids is 1. The van der Waals surface area contributed by atoms with Crippen molar-refractivity contribution in [1.82, 2.24) is 4.57 Å². The Morgan fingerprint density at radius 2 is 1.74 bits per heavy atom. The van der Waals surface area contributed by atoms with Crippen molar-refractivity contribution in [3.8, 4) is 17.2 Å². The van der Waals surface area contributed by atoms with Gasteiger partial charge < -0.3 is 14.0 Å². The molecule has 0 aliphatic carbocycles. The molecule has 0 spiro atoms. The zero-order chi connectivity index (χ0) is 23.3. The van der Waals surface area contributed by atoms with E-state index in [0.717, 1.165) is 16.9 Å². The number of ketones is 1. The van der Waals surface area contributed by atoms with E-state index in [0.29, 0.717) is 36.0 Å². The number of Topliss-reactive ketones (excluding diaryl/α,β-unsaturated/α-hetero) is 1. The number of nitrogens with one attached hydrogen (secondary N) is 1. The van der Waals surface area contributed by atoms with Crippen molar-refractivity contribution in [2.24, 2.45) is 0 Å². The fraction of sp³-hybridized carbons (Fsp3) is 0.160. The number of aromatic nitrogens is 1. The van der Waals surface area contributed by atoms with Gasteiger partial charge >= 0.3 is 0 Å². The van der Waals surface area contributed by atoms with E-state index < -0.39 is 10.0 Å². The molecule has 34 heavy (non-hydrogen) atoms. The van der Waals surface area contributed by atoms with Crippen molar-refractivity contribution in [2.45, 2.75) is 16.5 Å². The molecule has 2 aromatic carbocycles. The van der Waals surface area contributed by atoms with Crippen molar-refractivity contribution in [2.75, 3.05) is 17.9 Å². The normalized spacial score (nSPS) is 16.9. The molecule has 6 rings (SSSR count). The third kappa shape index (κ3) is 3.57. The van der Waals surface area contributed by atoms with Gasteiger partial charge in [0, 0.05) is 41.5 Å². The van der Waals surface area contributed by atoms with Gasteiger partial charge in [-0.15, -0.1) is 11.3 Å². The SMILES string of the molecule is O=C1C[C@H](c2ccc(NS(=O)(=O)c3cccs3)cc2)c2cccn2-c2cc3c(cc21)OCCO3. The van der Waals surface area contributed by atoms with Gasteiger partial charge in [-0.05, 0) is 47.3 Å². The monoisotopic (exact) mass is 492 g/mol. The van der Waals surface area contributed by atoms with Gasteiger partial charge in [0.1, 0.15) is 17.4 Å². The van der Waals surface area contributed by atoms with Gasteiger partial charge in [0.05, 0.1) is 5.69 Å². The van der Waals surface area contributed by atoms with Crippen molar-refractivity contribution >= 4 is 32.8 Å². The standard InChI is InChI=1S/C25H20N2O5S2/c28-22-13-18(16-5-7-17(8-6-16)26-34(29,30)25-4-2-12-33-25)20-3-1-9-27(20)21-15-24-23(14-19(21)22)31-10-11-32-24/h1-9,12,14-15,18,26H,10-11,13H2/t18-/m1/s1. The summed E-state index contributed by atoms with van der Waals surface area (Å²) in [4.78, 5) is 13.3. The quantitative estimate of drug-likeness (QED) is 0.441. The minimum atomic E-state index is -3.62. The molecule has 2 aliphatic heterocycles. The highest BCUT2D eigenvalue weighted by Gasteiger charge is 2.30. The summed E-state index contributed by atoms with van der Waals surface area (Å²) in [5.41, 5.74) is 3.76. The number of nitrogens with zero attached hydrogens (tertiary/aromatic N) is 1. The second-order valence-electron chi connectivity index (χ2n) is 8.16. The molecule has 7 nitrogen and oxygen atoms in total. The maximum absolute atomic E-state index is 13.3. The first-order chi connectivity index (χ1) is 16.5. The maximum atomic E-state index is 13.3. The third-order valence-electron chi connectivity index (χ3n) is 6.07. The number of hydrogen-bond donors (Lipinski definition) is 1. The Balaban J connectivity index is 1.34. The lowest BCUT2D eigenvalue weighted by Crippen LogP contribution is -2.16. The topological polar surface area (TPSA) is 86.6 Å². The number of thiophene rings is 1. The molecule has 0 fully saturated rings. The van der Waals surface area contributed by atoms with Gasteiger partial charge in [-0.2, -0.15) is 0 Å². The fourth-order valence-corrected chi connectivity index (χ4v) is 6.54. The molecule has 0 bridgehead atoms. The molecule has 172 valence electrons. The van der Waals surface area contributed by atoms with Gasteiger partial charge in [0.25, 0.3) is 10.0 Å². The van der Waals surface area contributed by atoms with Crippen molar-refractivity contribution in [3.63, 3.8) is 0 Å². The van der Waals surface area contributed by atoms with Crippen LogP contribution in [0.3, 0.4) is 0 Å². The number of carbonyl (C=O) groups is 1. The zero-order valence-electron chi connectivity index (χ0n) is 17.9. The molecule has 0 radical (unpaired) electrons. The Morgan fingerprint density at radius 3 is 2.47 bits per heavy atom. The highest BCUT2D eigenvalue weighted by Crippen LogP contribution is 2.41. The molecule has 2 aliphatic rings. The van der Waals surface area contributed by atoms with Crippen LogP contribution in [0, 0.1) is 0 Å². The largest absolute Gasteiger partial charge is 0.486 e. The molecule has 1 atom stereocenters. The predicted octanol–water partition coefficient (Wildman–Crippen LogP) is 4.83. The minimum absolute atomic E-state index is 0.0168. The lowest BCUT2D eigenvalue weighted by molar-refractivity contribution is 0.0978. The first-order valence-corrected chi connectivity index (χ1v) is 13.2. The van der Waals surface area contributed by atoms with E-state index in [4.69, 9.17) is 9.47 Å². The number of sulfonamides is 1. The molecule has 0 amide bonds. The summed E-state index contributed by atoms with van der Waals surface area (Å²) in [7, 11) is -3.62. The highest BCUT2D eigenvalue weighted by atomic mass is 32.2. The summed E-state index contributed by atoms with van der Waals surface area (Å²) in [6.45, 7) is 0.934. The van der Waals surface area contributed by atoms with Crippen LogP contribution in [0.25, 0.3) is 5.69 Å². The number of hydrogen-bond acceptors (Lipinski definition) is 6. The van der Waals surface area contributed by atoms with E-state index in [9.17, 15) is 13.2 Å². The minimum Gasteiger partial charge on any atom is -0.486 e. The van der Waals surface area contributed by atoms with E-state index in [1.807, 2.05) is 41.1 Å². The summed E-state index contributed by atoms with van der Waals surface area (Å²) in [6, 6.07) is 18.1. The van der Waals surface area contributed by atoms with Crippen LogP contribution in [-0.2, 0) is 10.0 Å². The number of anilines is 1. The van der Waals surface area contributed by atoms with Crippen molar-refractivity contribution in [1.29, 1.82) is 0 Å². The average molecular weight is 493 g/mol. The number of fused-ring (bicyclic) bond motifs is 4. The van der Waals surface area contributed by atoms with Gasteiger partial charge in [-0.25, -0.2) is 8.42 Å². The molecule has 9 heteroatoms. The lowest BCUT2D eigenvalue weighted by atomic mass is 9.90. The van der Waals surface area contributed by atoms with Crippen molar-refractivity contribution in [3.05, 3.63) is 89.1 Å². The third-order valence-corrected chi connectivity index (χ3v) is 8.85. The Labute approximate surface area is 200 Å². The molecule has 0 saturated heterocycles. The molecular formula is C25H20N2O5S2. The van der Waals surface area contributed by atoms with E-state index in [1.54, 1.807) is 35.7 Å². The van der Waals surface area contributed by atoms with Crippen LogP contribution < -0.4 is 14.2 Å². The molecule has 0 unspecified atom stereocenters. The van der Waals surface area contributed by atoms with Crippen LogP contribution in [0.4, 0.5) is 5.69 Å². The maximum Gasteiger partial charge on any atom is 0.271 e. The van der Waals surface area contributed by atoms with Crippen molar-refractivity contribution < 1.29 is 22.7 Å². The molecule has 2 aromatic heterocycles. The number of benzene rings is 2. The summed E-state index contributed by atoms with van der Waals surface area (Å²) in [6.07, 6.45) is 2.23. The van der Waals surface area contributed by atoms with E-state index in [2.05, 4.69) is 4.72 Å². The Bertz CT molecular complexity index is 1490.